The van der Waals surface area contributed by atoms with Gasteiger partial charge in [0.2, 0.25) is 0 Å². The van der Waals surface area contributed by atoms with Crippen molar-refractivity contribution in [2.45, 2.75) is 0 Å². The van der Waals surface area contributed by atoms with Crippen molar-refractivity contribution in [3.63, 3.8) is 0 Å². The molecular weight excluding hydrogens is 643 g/mol. The van der Waals surface area contributed by atoms with Gasteiger partial charge in [0.15, 0.2) is 0 Å². The molecule has 0 aliphatic carbocycles. The van der Waals surface area contributed by atoms with E-state index < -0.39 is 0 Å². The standard InChI is InChI=1S/C50H31BO2/c1-2-13-32(14-3-1)33-25-27-34(28-26-33)48-38-17-6-8-19-40(38)49(41-20-9-7-18-39(41)48)37-16-5-4-15-36(37)35-29-30-45-43(31-35)51-42-21-10-11-22-44(42)52-46-23-12-24-47(53-45)50(46)51/h1-31H. The zero-order valence-corrected chi connectivity index (χ0v) is 28.8. The quantitative estimate of drug-likeness (QED) is 0.137. The summed E-state index contributed by atoms with van der Waals surface area (Å²) in [6.07, 6.45) is 0. The zero-order chi connectivity index (χ0) is 34.9. The fourth-order valence-electron chi connectivity index (χ4n) is 8.69. The highest BCUT2D eigenvalue weighted by atomic mass is 16.5. The van der Waals surface area contributed by atoms with Crippen LogP contribution in [0.15, 0.2) is 188 Å². The third kappa shape index (κ3) is 4.68. The predicted octanol–water partition coefficient (Wildman–Crippen LogP) is 11.4. The van der Waals surface area contributed by atoms with E-state index in [9.17, 15) is 0 Å². The largest absolute Gasteiger partial charge is 0.458 e. The first-order chi connectivity index (χ1) is 26.3. The number of hydrogen-bond donors (Lipinski definition) is 0. The first-order valence-electron chi connectivity index (χ1n) is 18.2. The minimum absolute atomic E-state index is 0.0104. The summed E-state index contributed by atoms with van der Waals surface area (Å²) < 4.78 is 13.0. The Labute approximate surface area is 308 Å². The van der Waals surface area contributed by atoms with E-state index in [4.69, 9.17) is 9.47 Å². The number of benzene rings is 9. The van der Waals surface area contributed by atoms with Gasteiger partial charge in [-0.3, -0.25) is 0 Å². The summed E-state index contributed by atoms with van der Waals surface area (Å²) in [4.78, 5) is 0. The van der Waals surface area contributed by atoms with Crippen molar-refractivity contribution in [3.05, 3.63) is 188 Å². The van der Waals surface area contributed by atoms with E-state index in [-0.39, 0.29) is 6.71 Å². The summed E-state index contributed by atoms with van der Waals surface area (Å²) in [5.74, 6) is 3.50. The highest BCUT2D eigenvalue weighted by molar-refractivity contribution is 6.98. The molecule has 2 heterocycles. The smallest absolute Gasteiger partial charge is 0.260 e. The lowest BCUT2D eigenvalue weighted by Gasteiger charge is -2.33. The van der Waals surface area contributed by atoms with Crippen LogP contribution >= 0.6 is 0 Å². The summed E-state index contributed by atoms with van der Waals surface area (Å²) >= 11 is 0. The van der Waals surface area contributed by atoms with Crippen LogP contribution in [0.5, 0.6) is 23.0 Å². The van der Waals surface area contributed by atoms with Crippen LogP contribution in [0.25, 0.3) is 66.1 Å². The van der Waals surface area contributed by atoms with Crippen LogP contribution < -0.4 is 25.9 Å². The van der Waals surface area contributed by atoms with E-state index in [0.29, 0.717) is 0 Å². The fourth-order valence-corrected chi connectivity index (χ4v) is 8.69. The molecule has 11 rings (SSSR count). The molecule has 246 valence electrons. The number of para-hydroxylation sites is 1. The molecule has 0 fully saturated rings. The van der Waals surface area contributed by atoms with Gasteiger partial charge >= 0.3 is 0 Å². The van der Waals surface area contributed by atoms with Crippen LogP contribution in [0.1, 0.15) is 0 Å². The van der Waals surface area contributed by atoms with Crippen LogP contribution in [-0.2, 0) is 0 Å². The third-order valence-electron chi connectivity index (χ3n) is 11.0. The van der Waals surface area contributed by atoms with Gasteiger partial charge in [0.25, 0.3) is 6.71 Å². The summed E-state index contributed by atoms with van der Waals surface area (Å²) in [5, 5.41) is 4.95. The van der Waals surface area contributed by atoms with Gasteiger partial charge in [-0.05, 0) is 101 Å². The second-order valence-electron chi connectivity index (χ2n) is 13.9. The van der Waals surface area contributed by atoms with Crippen molar-refractivity contribution in [2.24, 2.45) is 0 Å². The molecule has 53 heavy (non-hydrogen) atoms. The van der Waals surface area contributed by atoms with Gasteiger partial charge in [-0.1, -0.05) is 164 Å². The van der Waals surface area contributed by atoms with Gasteiger partial charge in [0.1, 0.15) is 23.0 Å². The molecule has 3 heteroatoms. The third-order valence-corrected chi connectivity index (χ3v) is 11.0. The number of fused-ring (bicyclic) bond motifs is 6. The molecule has 0 aromatic heterocycles. The highest BCUT2D eigenvalue weighted by Gasteiger charge is 2.40. The van der Waals surface area contributed by atoms with Gasteiger partial charge in [-0.15, -0.1) is 0 Å². The lowest BCUT2D eigenvalue weighted by atomic mass is 9.35. The molecule has 9 aromatic carbocycles. The predicted molar refractivity (Wildman–Crippen MR) is 221 cm³/mol. The van der Waals surface area contributed by atoms with Crippen molar-refractivity contribution >= 4 is 44.6 Å². The maximum Gasteiger partial charge on any atom is 0.260 e. The van der Waals surface area contributed by atoms with Gasteiger partial charge < -0.3 is 9.47 Å². The Morgan fingerprint density at radius 1 is 0.302 bits per heavy atom. The van der Waals surface area contributed by atoms with E-state index in [1.807, 2.05) is 24.3 Å². The average molecular weight is 675 g/mol. The van der Waals surface area contributed by atoms with Crippen LogP contribution in [-0.4, -0.2) is 6.71 Å². The first-order valence-corrected chi connectivity index (χ1v) is 18.2. The number of rotatable bonds is 4. The topological polar surface area (TPSA) is 18.5 Å². The lowest BCUT2D eigenvalue weighted by molar-refractivity contribution is 0.464. The van der Waals surface area contributed by atoms with Crippen LogP contribution in [0.4, 0.5) is 0 Å². The molecule has 0 saturated carbocycles. The van der Waals surface area contributed by atoms with E-state index in [2.05, 4.69) is 164 Å². The van der Waals surface area contributed by atoms with Crippen molar-refractivity contribution in [2.75, 3.05) is 0 Å². The molecule has 2 aliphatic rings. The molecule has 0 radical (unpaired) electrons. The molecule has 0 unspecified atom stereocenters. The van der Waals surface area contributed by atoms with E-state index in [1.165, 1.54) is 60.5 Å². The van der Waals surface area contributed by atoms with E-state index in [0.717, 1.165) is 44.9 Å². The van der Waals surface area contributed by atoms with Crippen molar-refractivity contribution in [1.29, 1.82) is 0 Å². The maximum absolute atomic E-state index is 6.57. The second-order valence-corrected chi connectivity index (χ2v) is 13.9. The van der Waals surface area contributed by atoms with E-state index >= 15 is 0 Å². The maximum atomic E-state index is 6.57. The minimum atomic E-state index is 0.0104. The Balaban J connectivity index is 1.11. The molecule has 0 spiro atoms. The first kappa shape index (κ1) is 29.9. The Morgan fingerprint density at radius 2 is 0.792 bits per heavy atom. The van der Waals surface area contributed by atoms with Crippen LogP contribution in [0.2, 0.25) is 0 Å². The SMILES string of the molecule is c1ccc(-c2ccc(-c3c4ccccc4c(-c4ccccc4-c4ccc5c(c4)B4c6ccccc6Oc6cccc(c64)O5)c4ccccc34)cc2)cc1. The number of ether oxygens (including phenoxy) is 2. The average Bonchev–Trinajstić information content (AvgIpc) is 3.23. The molecule has 0 bridgehead atoms. The fraction of sp³-hybridized carbons (Fsp3) is 0. The monoisotopic (exact) mass is 674 g/mol. The summed E-state index contributed by atoms with van der Waals surface area (Å²) in [7, 11) is 0. The normalized spacial score (nSPS) is 12.4. The molecular formula is C50H31BO2. The van der Waals surface area contributed by atoms with Gasteiger partial charge in [0.05, 0.1) is 0 Å². The van der Waals surface area contributed by atoms with Gasteiger partial charge in [0, 0.05) is 5.46 Å². The lowest BCUT2D eigenvalue weighted by Crippen LogP contribution is -2.57. The Morgan fingerprint density at radius 3 is 1.49 bits per heavy atom. The summed E-state index contributed by atoms with van der Waals surface area (Å²) in [6.45, 7) is 0.0104. The summed E-state index contributed by atoms with van der Waals surface area (Å²) in [5.41, 5.74) is 13.1. The van der Waals surface area contributed by atoms with E-state index in [1.54, 1.807) is 0 Å². The Kier molecular flexibility index (Phi) is 6.68. The minimum Gasteiger partial charge on any atom is -0.458 e. The molecule has 0 saturated heterocycles. The molecule has 2 aliphatic heterocycles. The van der Waals surface area contributed by atoms with Crippen LogP contribution in [0.3, 0.4) is 0 Å². The molecule has 0 atom stereocenters. The second kappa shape index (κ2) is 11.9. The molecule has 0 amide bonds. The van der Waals surface area contributed by atoms with Gasteiger partial charge in [-0.25, -0.2) is 0 Å². The molecule has 2 nitrogen and oxygen atoms in total. The Hall–Kier alpha value is -6.84. The number of hydrogen-bond acceptors (Lipinski definition) is 2. The molecule has 9 aromatic rings. The highest BCUT2D eigenvalue weighted by Crippen LogP contribution is 2.46. The zero-order valence-electron chi connectivity index (χ0n) is 28.8. The van der Waals surface area contributed by atoms with Crippen molar-refractivity contribution < 1.29 is 9.47 Å². The Bertz CT molecular complexity index is 2820. The van der Waals surface area contributed by atoms with Crippen molar-refractivity contribution in [3.8, 4) is 67.5 Å². The summed E-state index contributed by atoms with van der Waals surface area (Å²) in [6, 6.07) is 67.5. The van der Waals surface area contributed by atoms with Gasteiger partial charge in [-0.2, -0.15) is 0 Å². The molecule has 0 N–H and O–H groups in total. The van der Waals surface area contributed by atoms with Crippen molar-refractivity contribution in [1.82, 2.24) is 0 Å². The van der Waals surface area contributed by atoms with Crippen LogP contribution in [0, 0.1) is 0 Å².